The smallest absolute Gasteiger partial charge is 0.133 e. The highest BCUT2D eigenvalue weighted by Gasteiger charge is 2.03. The molecular weight excluding hydrogens is 184 g/mol. The number of para-hydroxylation sites is 1. The number of ether oxygens (including phenoxy) is 1. The van der Waals surface area contributed by atoms with Crippen molar-refractivity contribution in [2.24, 2.45) is 0 Å². The summed E-state index contributed by atoms with van der Waals surface area (Å²) in [4.78, 5) is 0. The van der Waals surface area contributed by atoms with Gasteiger partial charge in [0.05, 0.1) is 0 Å². The zero-order valence-corrected chi connectivity index (χ0v) is 8.95. The van der Waals surface area contributed by atoms with Crippen molar-refractivity contribution in [2.45, 2.75) is 13.8 Å². The Balaban J connectivity index is 2.32. The molecule has 1 nitrogen and oxygen atoms in total. The van der Waals surface area contributed by atoms with Crippen molar-refractivity contribution in [3.8, 4) is 11.5 Å². The molecule has 0 atom stereocenters. The molecule has 0 aliphatic rings. The molecule has 2 rings (SSSR count). The fourth-order valence-corrected chi connectivity index (χ4v) is 1.52. The SMILES string of the molecule is Cc1cccc(C)c1Oc1c[c]ccc1. The Morgan fingerprint density at radius 2 is 1.73 bits per heavy atom. The zero-order valence-electron chi connectivity index (χ0n) is 8.95. The molecule has 0 amide bonds. The first-order valence-electron chi connectivity index (χ1n) is 4.97. The summed E-state index contributed by atoms with van der Waals surface area (Å²) >= 11 is 0. The Labute approximate surface area is 90.3 Å². The van der Waals surface area contributed by atoms with E-state index in [2.05, 4.69) is 32.0 Å². The third kappa shape index (κ3) is 2.18. The molecule has 0 bridgehead atoms. The van der Waals surface area contributed by atoms with Crippen LogP contribution in [-0.4, -0.2) is 0 Å². The molecule has 2 aromatic rings. The van der Waals surface area contributed by atoms with E-state index in [9.17, 15) is 0 Å². The molecule has 0 heterocycles. The second-order valence-electron chi connectivity index (χ2n) is 3.56. The van der Waals surface area contributed by atoms with Gasteiger partial charge in [-0.15, -0.1) is 0 Å². The number of benzene rings is 2. The van der Waals surface area contributed by atoms with Gasteiger partial charge in [-0.25, -0.2) is 0 Å². The lowest BCUT2D eigenvalue weighted by Crippen LogP contribution is -1.90. The van der Waals surface area contributed by atoms with Crippen LogP contribution in [-0.2, 0) is 0 Å². The van der Waals surface area contributed by atoms with E-state index in [1.165, 1.54) is 0 Å². The summed E-state index contributed by atoms with van der Waals surface area (Å²) in [6, 6.07) is 16.7. The second kappa shape index (κ2) is 4.18. The molecule has 1 radical (unpaired) electrons. The third-order valence-corrected chi connectivity index (χ3v) is 2.31. The van der Waals surface area contributed by atoms with Gasteiger partial charge in [0.25, 0.3) is 0 Å². The van der Waals surface area contributed by atoms with Gasteiger partial charge >= 0.3 is 0 Å². The molecule has 1 heteroatoms. The van der Waals surface area contributed by atoms with Crippen molar-refractivity contribution in [2.75, 3.05) is 0 Å². The Kier molecular flexibility index (Phi) is 2.72. The van der Waals surface area contributed by atoms with E-state index in [1.54, 1.807) is 0 Å². The summed E-state index contributed by atoms with van der Waals surface area (Å²) in [5.41, 5.74) is 2.30. The van der Waals surface area contributed by atoms with Gasteiger partial charge in [-0.05, 0) is 43.2 Å². The van der Waals surface area contributed by atoms with Gasteiger partial charge in [0, 0.05) is 0 Å². The summed E-state index contributed by atoms with van der Waals surface area (Å²) in [7, 11) is 0. The monoisotopic (exact) mass is 197 g/mol. The fraction of sp³-hybridized carbons (Fsp3) is 0.143. The van der Waals surface area contributed by atoms with Crippen LogP contribution in [0.1, 0.15) is 11.1 Å². The minimum atomic E-state index is 0.829. The summed E-state index contributed by atoms with van der Waals surface area (Å²) < 4.78 is 5.81. The first-order valence-corrected chi connectivity index (χ1v) is 4.97. The van der Waals surface area contributed by atoms with E-state index in [4.69, 9.17) is 4.74 Å². The van der Waals surface area contributed by atoms with E-state index < -0.39 is 0 Å². The lowest BCUT2D eigenvalue weighted by Gasteiger charge is -2.10. The maximum atomic E-state index is 5.81. The van der Waals surface area contributed by atoms with Crippen LogP contribution < -0.4 is 4.74 Å². The molecule has 15 heavy (non-hydrogen) atoms. The lowest BCUT2D eigenvalue weighted by atomic mass is 10.1. The third-order valence-electron chi connectivity index (χ3n) is 2.31. The summed E-state index contributed by atoms with van der Waals surface area (Å²) in [6.07, 6.45) is 0. The van der Waals surface area contributed by atoms with Crippen molar-refractivity contribution in [3.05, 3.63) is 59.7 Å². The minimum Gasteiger partial charge on any atom is -0.457 e. The van der Waals surface area contributed by atoms with Crippen molar-refractivity contribution in [3.63, 3.8) is 0 Å². The maximum Gasteiger partial charge on any atom is 0.133 e. The molecule has 0 saturated heterocycles. The Morgan fingerprint density at radius 3 is 2.33 bits per heavy atom. The van der Waals surface area contributed by atoms with Crippen LogP contribution in [0.4, 0.5) is 0 Å². The predicted octanol–water partition coefficient (Wildman–Crippen LogP) is 3.90. The van der Waals surface area contributed by atoms with E-state index in [0.717, 1.165) is 22.6 Å². The normalized spacial score (nSPS) is 10.0. The second-order valence-corrected chi connectivity index (χ2v) is 3.56. The van der Waals surface area contributed by atoms with E-state index in [1.807, 2.05) is 30.3 Å². The van der Waals surface area contributed by atoms with Crippen molar-refractivity contribution in [1.82, 2.24) is 0 Å². The number of hydrogen-bond acceptors (Lipinski definition) is 1. The van der Waals surface area contributed by atoms with Gasteiger partial charge < -0.3 is 4.74 Å². The van der Waals surface area contributed by atoms with Gasteiger partial charge in [-0.1, -0.05) is 30.3 Å². The first-order chi connectivity index (χ1) is 7.27. The average molecular weight is 197 g/mol. The van der Waals surface area contributed by atoms with E-state index in [0.29, 0.717) is 0 Å². The molecule has 0 saturated carbocycles. The number of aryl methyl sites for hydroxylation is 2. The van der Waals surface area contributed by atoms with Crippen LogP contribution in [0.25, 0.3) is 0 Å². The van der Waals surface area contributed by atoms with Gasteiger partial charge in [0.15, 0.2) is 0 Å². The van der Waals surface area contributed by atoms with E-state index >= 15 is 0 Å². The van der Waals surface area contributed by atoms with E-state index in [-0.39, 0.29) is 0 Å². The van der Waals surface area contributed by atoms with Gasteiger partial charge in [-0.3, -0.25) is 0 Å². The Bertz CT molecular complexity index is 426. The van der Waals surface area contributed by atoms with Crippen molar-refractivity contribution < 1.29 is 4.74 Å². The fourth-order valence-electron chi connectivity index (χ4n) is 1.52. The molecule has 75 valence electrons. The van der Waals surface area contributed by atoms with Crippen LogP contribution in [0.5, 0.6) is 11.5 Å². The van der Waals surface area contributed by atoms with Crippen LogP contribution in [0.15, 0.2) is 42.5 Å². The van der Waals surface area contributed by atoms with Crippen LogP contribution in [0, 0.1) is 19.9 Å². The molecule has 0 fully saturated rings. The van der Waals surface area contributed by atoms with Crippen molar-refractivity contribution >= 4 is 0 Å². The van der Waals surface area contributed by atoms with Crippen molar-refractivity contribution in [1.29, 1.82) is 0 Å². The molecule has 0 spiro atoms. The summed E-state index contributed by atoms with van der Waals surface area (Å²) in [6.45, 7) is 4.10. The molecule has 0 unspecified atom stereocenters. The Morgan fingerprint density at radius 1 is 1.00 bits per heavy atom. The lowest BCUT2D eigenvalue weighted by molar-refractivity contribution is 0.475. The topological polar surface area (TPSA) is 9.23 Å². The summed E-state index contributed by atoms with van der Waals surface area (Å²) in [5, 5.41) is 0. The highest BCUT2D eigenvalue weighted by atomic mass is 16.5. The molecular formula is C14H13O. The molecule has 0 aliphatic carbocycles. The predicted molar refractivity (Wildman–Crippen MR) is 61.3 cm³/mol. The molecule has 0 N–H and O–H groups in total. The maximum absolute atomic E-state index is 5.81. The summed E-state index contributed by atoms with van der Waals surface area (Å²) in [5.74, 6) is 1.77. The highest BCUT2D eigenvalue weighted by Crippen LogP contribution is 2.27. The average Bonchev–Trinajstić information content (AvgIpc) is 2.25. The first kappa shape index (κ1) is 9.78. The molecule has 0 aliphatic heterocycles. The van der Waals surface area contributed by atoms with Gasteiger partial charge in [0.2, 0.25) is 0 Å². The van der Waals surface area contributed by atoms with Crippen LogP contribution in [0.3, 0.4) is 0 Å². The highest BCUT2D eigenvalue weighted by molar-refractivity contribution is 5.42. The molecule has 2 aromatic carbocycles. The largest absolute Gasteiger partial charge is 0.457 e. The molecule has 0 aromatic heterocycles. The standard InChI is InChI=1S/C14H13O/c1-11-7-6-8-12(2)14(11)15-13-9-4-3-5-10-13/h3-4,6-10H,1-2H3. The number of hydrogen-bond donors (Lipinski definition) is 0. The minimum absolute atomic E-state index is 0.829. The quantitative estimate of drug-likeness (QED) is 0.709. The Hall–Kier alpha value is -1.76. The van der Waals surface area contributed by atoms with Gasteiger partial charge in [-0.2, -0.15) is 0 Å². The van der Waals surface area contributed by atoms with Crippen LogP contribution >= 0.6 is 0 Å². The van der Waals surface area contributed by atoms with Crippen LogP contribution in [0.2, 0.25) is 0 Å². The zero-order chi connectivity index (χ0) is 10.7. The van der Waals surface area contributed by atoms with Gasteiger partial charge in [0.1, 0.15) is 11.5 Å². The number of rotatable bonds is 2.